The van der Waals surface area contributed by atoms with Gasteiger partial charge < -0.3 is 23.7 Å². The summed E-state index contributed by atoms with van der Waals surface area (Å²) in [5.41, 5.74) is 0.0748. The number of fused-ring (bicyclic) bond motifs is 1. The van der Waals surface area contributed by atoms with Gasteiger partial charge in [0, 0.05) is 38.9 Å². The van der Waals surface area contributed by atoms with Crippen LogP contribution in [0.15, 0.2) is 33.5 Å². The van der Waals surface area contributed by atoms with Crippen LogP contribution in [0.5, 0.6) is 5.75 Å². The first kappa shape index (κ1) is 19.4. The molecule has 1 aliphatic heterocycles. The Morgan fingerprint density at radius 3 is 2.67 bits per heavy atom. The van der Waals surface area contributed by atoms with Crippen molar-refractivity contribution in [2.75, 3.05) is 53.0 Å². The molecule has 0 bridgehead atoms. The minimum atomic E-state index is -0.279. The molecule has 0 aliphatic carbocycles. The predicted molar refractivity (Wildman–Crippen MR) is 102 cm³/mol. The van der Waals surface area contributed by atoms with Gasteiger partial charge in [-0.1, -0.05) is 13.0 Å². The number of hydrogen-bond donors (Lipinski definition) is 0. The summed E-state index contributed by atoms with van der Waals surface area (Å²) >= 11 is 0. The summed E-state index contributed by atoms with van der Waals surface area (Å²) in [5.74, 6) is 0.266. The van der Waals surface area contributed by atoms with Gasteiger partial charge in [-0.15, -0.1) is 0 Å². The van der Waals surface area contributed by atoms with Gasteiger partial charge in [0.1, 0.15) is 23.3 Å². The first-order valence-corrected chi connectivity index (χ1v) is 9.35. The summed E-state index contributed by atoms with van der Waals surface area (Å²) in [6.07, 6.45) is 0.946. The van der Waals surface area contributed by atoms with Gasteiger partial charge in [-0.05, 0) is 25.6 Å². The van der Waals surface area contributed by atoms with Crippen LogP contribution in [0.2, 0.25) is 0 Å². The van der Waals surface area contributed by atoms with Gasteiger partial charge in [-0.3, -0.25) is 9.59 Å². The number of carbonyl (C=O) groups is 1. The van der Waals surface area contributed by atoms with Crippen LogP contribution in [0.3, 0.4) is 0 Å². The molecule has 1 aliphatic rings. The molecule has 1 aromatic carbocycles. The van der Waals surface area contributed by atoms with Crippen LogP contribution in [-0.2, 0) is 4.74 Å². The number of carbonyl (C=O) groups excluding carboxylic acids is 1. The summed E-state index contributed by atoms with van der Waals surface area (Å²) < 4.78 is 16.8. The third kappa shape index (κ3) is 4.67. The monoisotopic (exact) mass is 374 g/mol. The van der Waals surface area contributed by atoms with Gasteiger partial charge in [0.2, 0.25) is 0 Å². The van der Waals surface area contributed by atoms with Crippen molar-refractivity contribution in [3.8, 4) is 5.75 Å². The molecule has 0 radical (unpaired) electrons. The van der Waals surface area contributed by atoms with E-state index in [0.717, 1.165) is 19.5 Å². The van der Waals surface area contributed by atoms with E-state index in [4.69, 9.17) is 13.9 Å². The van der Waals surface area contributed by atoms with Crippen LogP contribution in [0.4, 0.5) is 0 Å². The van der Waals surface area contributed by atoms with Crippen molar-refractivity contribution in [1.29, 1.82) is 0 Å². The smallest absolute Gasteiger partial charge is 0.289 e. The van der Waals surface area contributed by atoms with Gasteiger partial charge in [0.15, 0.2) is 11.2 Å². The third-order valence-electron chi connectivity index (χ3n) is 4.55. The fraction of sp³-hybridized carbons (Fsp3) is 0.500. The maximum atomic E-state index is 12.7. The Kier molecular flexibility index (Phi) is 6.47. The second kappa shape index (κ2) is 9.01. The average Bonchev–Trinajstić information content (AvgIpc) is 2.67. The lowest BCUT2D eigenvalue weighted by atomic mass is 10.2. The van der Waals surface area contributed by atoms with Crippen molar-refractivity contribution >= 4 is 16.9 Å². The molecule has 0 spiro atoms. The highest BCUT2D eigenvalue weighted by Crippen LogP contribution is 2.24. The number of likely N-dealkylation sites (N-methyl/N-ethyl adjacent to an activating group) is 1. The molecule has 7 heteroatoms. The molecule has 0 saturated carbocycles. The summed E-state index contributed by atoms with van der Waals surface area (Å²) in [6, 6.07) is 6.42. The predicted octanol–water partition coefficient (Wildman–Crippen LogP) is 1.99. The SMILES string of the molecule is CCCOCCOc1cccc2oc(C(=O)N3CCN(C)CC3)cc(=O)c12. The number of piperazine rings is 1. The van der Waals surface area contributed by atoms with Crippen molar-refractivity contribution in [1.82, 2.24) is 9.80 Å². The highest BCUT2D eigenvalue weighted by Gasteiger charge is 2.23. The Labute approximate surface area is 158 Å². The van der Waals surface area contributed by atoms with Gasteiger partial charge in [-0.25, -0.2) is 0 Å². The van der Waals surface area contributed by atoms with Crippen molar-refractivity contribution < 1.29 is 18.7 Å². The van der Waals surface area contributed by atoms with E-state index in [2.05, 4.69) is 4.90 Å². The number of benzene rings is 1. The van der Waals surface area contributed by atoms with Crippen LogP contribution < -0.4 is 10.2 Å². The molecule has 2 aromatic rings. The van der Waals surface area contributed by atoms with Crippen LogP contribution in [0, 0.1) is 0 Å². The van der Waals surface area contributed by atoms with E-state index in [1.807, 2.05) is 14.0 Å². The summed E-state index contributed by atoms with van der Waals surface area (Å²) in [4.78, 5) is 29.2. The van der Waals surface area contributed by atoms with Gasteiger partial charge in [0.05, 0.1) is 6.61 Å². The number of nitrogens with zero attached hydrogens (tertiary/aromatic N) is 2. The lowest BCUT2D eigenvalue weighted by Crippen LogP contribution is -2.47. The highest BCUT2D eigenvalue weighted by atomic mass is 16.5. The standard InChI is InChI=1S/C20H26N2O5/c1-3-11-25-12-13-26-16-5-4-6-17-19(16)15(23)14-18(27-17)20(24)22-9-7-21(2)8-10-22/h4-6,14H,3,7-13H2,1-2H3. The van der Waals surface area contributed by atoms with E-state index in [9.17, 15) is 9.59 Å². The Morgan fingerprint density at radius 2 is 1.93 bits per heavy atom. The van der Waals surface area contributed by atoms with Gasteiger partial charge in [0.25, 0.3) is 5.91 Å². The molecule has 0 atom stereocenters. The van der Waals surface area contributed by atoms with Crippen LogP contribution in [-0.4, -0.2) is 68.8 Å². The van der Waals surface area contributed by atoms with Crippen LogP contribution >= 0.6 is 0 Å². The minimum Gasteiger partial charge on any atom is -0.490 e. The van der Waals surface area contributed by atoms with Gasteiger partial charge >= 0.3 is 0 Å². The molecular weight excluding hydrogens is 348 g/mol. The molecule has 1 saturated heterocycles. The molecule has 1 amide bonds. The molecule has 1 aromatic heterocycles. The van der Waals surface area contributed by atoms with Crippen LogP contribution in [0.1, 0.15) is 23.9 Å². The average molecular weight is 374 g/mol. The molecule has 0 N–H and O–H groups in total. The van der Waals surface area contributed by atoms with Crippen molar-refractivity contribution in [3.63, 3.8) is 0 Å². The zero-order valence-electron chi connectivity index (χ0n) is 15.9. The van der Waals surface area contributed by atoms with E-state index in [0.29, 0.717) is 49.6 Å². The molecular formula is C20H26N2O5. The maximum absolute atomic E-state index is 12.7. The normalized spacial score (nSPS) is 15.3. The van der Waals surface area contributed by atoms with Crippen LogP contribution in [0.25, 0.3) is 11.0 Å². The number of rotatable bonds is 7. The Bertz CT molecular complexity index is 840. The maximum Gasteiger partial charge on any atom is 0.289 e. The first-order valence-electron chi connectivity index (χ1n) is 9.35. The number of amides is 1. The largest absolute Gasteiger partial charge is 0.490 e. The zero-order chi connectivity index (χ0) is 19.2. The number of ether oxygens (including phenoxy) is 2. The highest BCUT2D eigenvalue weighted by molar-refractivity contribution is 5.94. The Hall–Kier alpha value is -2.38. The third-order valence-corrected chi connectivity index (χ3v) is 4.55. The lowest BCUT2D eigenvalue weighted by molar-refractivity contribution is 0.0633. The summed E-state index contributed by atoms with van der Waals surface area (Å²) in [6.45, 7) is 6.38. The Morgan fingerprint density at radius 1 is 1.15 bits per heavy atom. The summed E-state index contributed by atoms with van der Waals surface area (Å²) in [5, 5.41) is 0.350. The molecule has 146 valence electrons. The van der Waals surface area contributed by atoms with E-state index >= 15 is 0 Å². The molecule has 2 heterocycles. The first-order chi connectivity index (χ1) is 13.1. The fourth-order valence-corrected chi connectivity index (χ4v) is 3.03. The van der Waals surface area contributed by atoms with Crippen molar-refractivity contribution in [3.05, 3.63) is 40.2 Å². The quantitative estimate of drug-likeness (QED) is 0.690. The zero-order valence-corrected chi connectivity index (χ0v) is 15.9. The van der Waals surface area contributed by atoms with E-state index in [-0.39, 0.29) is 17.1 Å². The molecule has 1 fully saturated rings. The van der Waals surface area contributed by atoms with Crippen molar-refractivity contribution in [2.24, 2.45) is 0 Å². The second-order valence-corrected chi connectivity index (χ2v) is 6.66. The topological polar surface area (TPSA) is 72.2 Å². The van der Waals surface area contributed by atoms with Gasteiger partial charge in [-0.2, -0.15) is 0 Å². The lowest BCUT2D eigenvalue weighted by Gasteiger charge is -2.31. The molecule has 27 heavy (non-hydrogen) atoms. The van der Waals surface area contributed by atoms with Crippen molar-refractivity contribution in [2.45, 2.75) is 13.3 Å². The minimum absolute atomic E-state index is 0.0699. The molecule has 3 rings (SSSR count). The second-order valence-electron chi connectivity index (χ2n) is 6.66. The molecule has 0 unspecified atom stereocenters. The fourth-order valence-electron chi connectivity index (χ4n) is 3.03. The van der Waals surface area contributed by atoms with E-state index < -0.39 is 0 Å². The Balaban J connectivity index is 1.78. The molecule has 7 nitrogen and oxygen atoms in total. The number of hydrogen-bond acceptors (Lipinski definition) is 6. The summed E-state index contributed by atoms with van der Waals surface area (Å²) in [7, 11) is 2.02. The van der Waals surface area contributed by atoms with E-state index in [1.54, 1.807) is 23.1 Å². The van der Waals surface area contributed by atoms with E-state index in [1.165, 1.54) is 6.07 Å².